The van der Waals surface area contributed by atoms with Crippen LogP contribution in [0.5, 0.6) is 0 Å². The maximum atomic E-state index is 12.8. The first-order chi connectivity index (χ1) is 14.6. The van der Waals surface area contributed by atoms with E-state index in [1.54, 1.807) is 12.1 Å². The fourth-order valence-corrected chi connectivity index (χ4v) is 4.14. The third kappa shape index (κ3) is 4.52. The van der Waals surface area contributed by atoms with Crippen molar-refractivity contribution in [3.63, 3.8) is 0 Å². The first-order valence-electron chi connectivity index (χ1n) is 10.3. The third-order valence-corrected chi connectivity index (χ3v) is 5.85. The number of anilines is 1. The molecule has 0 aliphatic carbocycles. The Morgan fingerprint density at radius 1 is 0.933 bits per heavy atom. The molecule has 2 aromatic rings. The lowest BCUT2D eigenvalue weighted by Crippen LogP contribution is -2.51. The molecule has 2 heterocycles. The van der Waals surface area contributed by atoms with Crippen LogP contribution in [0.3, 0.4) is 0 Å². The Labute approximate surface area is 176 Å². The summed E-state index contributed by atoms with van der Waals surface area (Å²) in [5.74, 6) is 0.133. The van der Waals surface area contributed by atoms with E-state index in [0.29, 0.717) is 38.4 Å². The van der Waals surface area contributed by atoms with Crippen molar-refractivity contribution in [2.45, 2.75) is 6.42 Å². The van der Waals surface area contributed by atoms with Crippen LogP contribution in [0.2, 0.25) is 0 Å². The third-order valence-electron chi connectivity index (χ3n) is 5.85. The molecule has 0 atom stereocenters. The average molecular weight is 406 g/mol. The zero-order valence-corrected chi connectivity index (χ0v) is 16.9. The lowest BCUT2D eigenvalue weighted by atomic mass is 9.99. The normalized spacial score (nSPS) is 17.5. The van der Waals surface area contributed by atoms with Crippen molar-refractivity contribution in [2.75, 3.05) is 50.7 Å². The van der Waals surface area contributed by atoms with Crippen LogP contribution in [0.25, 0.3) is 5.57 Å². The van der Waals surface area contributed by atoms with Gasteiger partial charge in [0.15, 0.2) is 0 Å². The van der Waals surface area contributed by atoms with Crippen LogP contribution in [0.4, 0.5) is 11.4 Å². The Balaban J connectivity index is 1.29. The summed E-state index contributed by atoms with van der Waals surface area (Å²) in [5, 5.41) is 11.3. The van der Waals surface area contributed by atoms with Crippen molar-refractivity contribution in [1.29, 1.82) is 0 Å². The van der Waals surface area contributed by atoms with Gasteiger partial charge in [0.25, 0.3) is 5.69 Å². The molecule has 1 saturated heterocycles. The van der Waals surface area contributed by atoms with E-state index in [9.17, 15) is 14.9 Å². The van der Waals surface area contributed by atoms with E-state index in [2.05, 4.69) is 35.2 Å². The first kappa shape index (κ1) is 20.1. The maximum Gasteiger partial charge on any atom is 0.292 e. The molecule has 2 aliphatic rings. The summed E-state index contributed by atoms with van der Waals surface area (Å²) in [6.07, 6.45) is 3.17. The molecular formula is C23H26N4O3. The van der Waals surface area contributed by atoms with Gasteiger partial charge in [0.05, 0.1) is 11.5 Å². The van der Waals surface area contributed by atoms with E-state index in [4.69, 9.17) is 0 Å². The van der Waals surface area contributed by atoms with Crippen LogP contribution in [-0.4, -0.2) is 66.4 Å². The molecule has 0 radical (unpaired) electrons. The summed E-state index contributed by atoms with van der Waals surface area (Å²) in [5.41, 5.74) is 3.35. The van der Waals surface area contributed by atoms with Crippen LogP contribution in [0, 0.1) is 10.1 Å². The van der Waals surface area contributed by atoms with Gasteiger partial charge in [-0.25, -0.2) is 0 Å². The summed E-state index contributed by atoms with van der Waals surface area (Å²) in [6.45, 7) is 4.47. The number of rotatable bonds is 5. The SMILES string of the molecule is O=C(CN1CC=C(c2ccccc2)CC1)N1CCN(c2ccccc2[N+](=O)[O-])CC1. The Bertz CT molecular complexity index is 936. The summed E-state index contributed by atoms with van der Waals surface area (Å²) < 4.78 is 0. The summed E-state index contributed by atoms with van der Waals surface area (Å²) in [6, 6.07) is 17.2. The molecule has 2 aromatic carbocycles. The van der Waals surface area contributed by atoms with Gasteiger partial charge in [0, 0.05) is 45.3 Å². The number of amides is 1. The van der Waals surface area contributed by atoms with Crippen LogP contribution >= 0.6 is 0 Å². The number of nitro groups is 1. The maximum absolute atomic E-state index is 12.8. The highest BCUT2D eigenvalue weighted by Crippen LogP contribution is 2.28. The van der Waals surface area contributed by atoms with Crippen molar-refractivity contribution in [3.05, 3.63) is 76.4 Å². The monoisotopic (exact) mass is 406 g/mol. The second-order valence-electron chi connectivity index (χ2n) is 7.69. The number of hydrogen-bond acceptors (Lipinski definition) is 5. The number of benzene rings is 2. The van der Waals surface area contributed by atoms with Gasteiger partial charge in [-0.1, -0.05) is 48.5 Å². The van der Waals surface area contributed by atoms with Crippen LogP contribution < -0.4 is 4.90 Å². The molecule has 1 amide bonds. The molecule has 0 N–H and O–H groups in total. The summed E-state index contributed by atoms with van der Waals surface area (Å²) >= 11 is 0. The molecule has 0 bridgehead atoms. The predicted octanol–water partition coefficient (Wildman–Crippen LogP) is 3.03. The van der Waals surface area contributed by atoms with Crippen molar-refractivity contribution in [2.24, 2.45) is 0 Å². The minimum absolute atomic E-state index is 0.117. The van der Waals surface area contributed by atoms with Gasteiger partial charge < -0.3 is 9.80 Å². The second-order valence-corrected chi connectivity index (χ2v) is 7.69. The molecule has 30 heavy (non-hydrogen) atoms. The van der Waals surface area contributed by atoms with Crippen LogP contribution in [-0.2, 0) is 4.79 Å². The molecular weight excluding hydrogens is 380 g/mol. The zero-order chi connectivity index (χ0) is 20.9. The van der Waals surface area contributed by atoms with E-state index < -0.39 is 0 Å². The molecule has 4 rings (SSSR count). The Hall–Kier alpha value is -3.19. The van der Waals surface area contributed by atoms with Crippen molar-refractivity contribution >= 4 is 22.9 Å². The van der Waals surface area contributed by atoms with E-state index >= 15 is 0 Å². The first-order valence-corrected chi connectivity index (χ1v) is 10.3. The van der Waals surface area contributed by atoms with Crippen LogP contribution in [0.1, 0.15) is 12.0 Å². The summed E-state index contributed by atoms with van der Waals surface area (Å²) in [7, 11) is 0. The van der Waals surface area contributed by atoms with Gasteiger partial charge in [-0.05, 0) is 23.6 Å². The van der Waals surface area contributed by atoms with E-state index in [-0.39, 0.29) is 16.5 Å². The highest BCUT2D eigenvalue weighted by Gasteiger charge is 2.26. The smallest absolute Gasteiger partial charge is 0.292 e. The van der Waals surface area contributed by atoms with Gasteiger partial charge in [0.1, 0.15) is 5.69 Å². The van der Waals surface area contributed by atoms with E-state index in [1.807, 2.05) is 21.9 Å². The Morgan fingerprint density at radius 3 is 2.30 bits per heavy atom. The predicted molar refractivity (Wildman–Crippen MR) is 117 cm³/mol. The van der Waals surface area contributed by atoms with Crippen molar-refractivity contribution in [1.82, 2.24) is 9.80 Å². The molecule has 2 aliphatic heterocycles. The van der Waals surface area contributed by atoms with Crippen molar-refractivity contribution in [3.8, 4) is 0 Å². The number of hydrogen-bond donors (Lipinski definition) is 0. The minimum Gasteiger partial charge on any atom is -0.362 e. The minimum atomic E-state index is -0.347. The molecule has 7 nitrogen and oxygen atoms in total. The quantitative estimate of drug-likeness (QED) is 0.564. The molecule has 0 unspecified atom stereocenters. The molecule has 7 heteroatoms. The highest BCUT2D eigenvalue weighted by atomic mass is 16.6. The topological polar surface area (TPSA) is 69.9 Å². The zero-order valence-electron chi connectivity index (χ0n) is 16.9. The average Bonchev–Trinajstić information content (AvgIpc) is 2.80. The van der Waals surface area contributed by atoms with Crippen molar-refractivity contribution < 1.29 is 9.72 Å². The molecule has 156 valence electrons. The fraction of sp³-hybridized carbons (Fsp3) is 0.348. The lowest BCUT2D eigenvalue weighted by Gasteiger charge is -2.37. The number of para-hydroxylation sites is 2. The van der Waals surface area contributed by atoms with E-state index in [0.717, 1.165) is 19.5 Å². The number of carbonyl (C=O) groups is 1. The molecule has 1 fully saturated rings. The van der Waals surface area contributed by atoms with Gasteiger partial charge in [0.2, 0.25) is 5.91 Å². The number of nitro benzene ring substituents is 1. The van der Waals surface area contributed by atoms with E-state index in [1.165, 1.54) is 17.2 Å². The molecule has 0 saturated carbocycles. The van der Waals surface area contributed by atoms with Gasteiger partial charge in [-0.15, -0.1) is 0 Å². The molecule has 0 spiro atoms. The Kier molecular flexibility index (Phi) is 6.09. The number of carbonyl (C=O) groups excluding carboxylic acids is 1. The summed E-state index contributed by atoms with van der Waals surface area (Å²) in [4.78, 5) is 29.8. The number of nitrogens with zero attached hydrogens (tertiary/aromatic N) is 4. The molecule has 0 aromatic heterocycles. The van der Waals surface area contributed by atoms with Gasteiger partial charge in [-0.3, -0.25) is 19.8 Å². The van der Waals surface area contributed by atoms with Crippen LogP contribution in [0.15, 0.2) is 60.7 Å². The fourth-order valence-electron chi connectivity index (χ4n) is 4.14. The Morgan fingerprint density at radius 2 is 1.63 bits per heavy atom. The largest absolute Gasteiger partial charge is 0.362 e. The lowest BCUT2D eigenvalue weighted by molar-refractivity contribution is -0.384. The standard InChI is InChI=1S/C23H26N4O3/c28-23(18-24-12-10-20(11-13-24)19-6-2-1-3-7-19)26-16-14-25(15-17-26)21-8-4-5-9-22(21)27(29)30/h1-10H,11-18H2. The number of piperazine rings is 1. The highest BCUT2D eigenvalue weighted by molar-refractivity contribution is 5.79. The van der Waals surface area contributed by atoms with Gasteiger partial charge in [-0.2, -0.15) is 0 Å². The van der Waals surface area contributed by atoms with Gasteiger partial charge >= 0.3 is 0 Å². The second kappa shape index (κ2) is 9.09.